The van der Waals surface area contributed by atoms with Crippen LogP contribution < -0.4 is 16.4 Å². The van der Waals surface area contributed by atoms with Gasteiger partial charge in [-0.3, -0.25) is 4.98 Å². The Kier molecular flexibility index (Phi) is 4.24. The molecule has 0 spiro atoms. The third kappa shape index (κ3) is 3.09. The summed E-state index contributed by atoms with van der Waals surface area (Å²) < 4.78 is 0. The molecule has 0 radical (unpaired) electrons. The fourth-order valence-corrected chi connectivity index (χ4v) is 1.87. The van der Waals surface area contributed by atoms with Crippen LogP contribution >= 0.6 is 0 Å². The molecule has 4 N–H and O–H groups in total. The van der Waals surface area contributed by atoms with Crippen LogP contribution in [0.2, 0.25) is 0 Å². The van der Waals surface area contributed by atoms with Crippen molar-refractivity contribution in [3.05, 3.63) is 30.6 Å². The highest BCUT2D eigenvalue weighted by Gasteiger charge is 2.04. The number of carbonyl (C=O) groups excluding carboxylic acids is 1. The van der Waals surface area contributed by atoms with Gasteiger partial charge in [-0.1, -0.05) is 6.07 Å². The van der Waals surface area contributed by atoms with Crippen molar-refractivity contribution in [3.63, 3.8) is 0 Å². The number of nitrogens with one attached hydrogen (secondary N) is 2. The average Bonchev–Trinajstić information content (AvgIpc) is 2.45. The zero-order valence-electron chi connectivity index (χ0n) is 11.7. The molecule has 2 amide bonds. The van der Waals surface area contributed by atoms with E-state index in [2.05, 4.69) is 15.6 Å². The molecule has 2 aromatic rings. The summed E-state index contributed by atoms with van der Waals surface area (Å²) in [6.07, 6.45) is 3.51. The lowest BCUT2D eigenvalue weighted by Gasteiger charge is -2.14. The number of hydrogen-bond acceptors (Lipinski definition) is 4. The lowest BCUT2D eigenvalue weighted by Crippen LogP contribution is -2.37. The van der Waals surface area contributed by atoms with E-state index in [4.69, 9.17) is 5.73 Å². The Balaban J connectivity index is 1.97. The van der Waals surface area contributed by atoms with Crippen LogP contribution in [-0.2, 0) is 0 Å². The van der Waals surface area contributed by atoms with Crippen LogP contribution in [0.25, 0.3) is 10.8 Å². The van der Waals surface area contributed by atoms with E-state index in [1.165, 1.54) is 4.90 Å². The minimum atomic E-state index is -0.107. The van der Waals surface area contributed by atoms with E-state index < -0.39 is 0 Å². The van der Waals surface area contributed by atoms with E-state index in [1.807, 2.05) is 18.2 Å². The van der Waals surface area contributed by atoms with Crippen molar-refractivity contribution in [2.45, 2.75) is 0 Å². The maximum atomic E-state index is 11.4. The topological polar surface area (TPSA) is 83.3 Å². The monoisotopic (exact) mass is 273 g/mol. The number of urea groups is 1. The Morgan fingerprint density at radius 2 is 2.10 bits per heavy atom. The fraction of sp³-hybridized carbons (Fsp3) is 0.286. The lowest BCUT2D eigenvalue weighted by molar-refractivity contribution is 0.218. The predicted octanol–water partition coefficient (Wildman–Crippen LogP) is 1.50. The number of benzene rings is 1. The molecule has 0 atom stereocenters. The molecule has 0 unspecified atom stereocenters. The molecule has 1 aromatic heterocycles. The number of rotatable bonds is 4. The maximum Gasteiger partial charge on any atom is 0.316 e. The summed E-state index contributed by atoms with van der Waals surface area (Å²) in [6.45, 7) is 1.14. The van der Waals surface area contributed by atoms with Gasteiger partial charge in [-0.05, 0) is 12.1 Å². The number of aromatic nitrogens is 1. The number of carbonyl (C=O) groups is 1. The van der Waals surface area contributed by atoms with E-state index in [0.717, 1.165) is 16.5 Å². The number of nitrogens with two attached hydrogens (primary N) is 1. The number of amides is 2. The molecule has 1 heterocycles. The van der Waals surface area contributed by atoms with E-state index in [1.54, 1.807) is 26.5 Å². The maximum absolute atomic E-state index is 11.4. The predicted molar refractivity (Wildman–Crippen MR) is 81.7 cm³/mol. The molecule has 1 aromatic carbocycles. The molecule has 106 valence electrons. The highest BCUT2D eigenvalue weighted by atomic mass is 16.2. The van der Waals surface area contributed by atoms with Gasteiger partial charge < -0.3 is 21.3 Å². The molecule has 0 saturated carbocycles. The zero-order valence-corrected chi connectivity index (χ0v) is 11.7. The van der Waals surface area contributed by atoms with Crippen molar-refractivity contribution in [3.8, 4) is 0 Å². The van der Waals surface area contributed by atoms with Crippen LogP contribution in [0, 0.1) is 0 Å². The Labute approximate surface area is 118 Å². The first-order chi connectivity index (χ1) is 9.59. The first kappa shape index (κ1) is 13.9. The third-order valence-electron chi connectivity index (χ3n) is 2.98. The van der Waals surface area contributed by atoms with Crippen LogP contribution in [0.4, 0.5) is 16.2 Å². The SMILES string of the molecule is CN(C)C(=O)NCCNc1ccc2cnccc2c1N. The van der Waals surface area contributed by atoms with E-state index >= 15 is 0 Å². The minimum Gasteiger partial charge on any atom is -0.397 e. The first-order valence-corrected chi connectivity index (χ1v) is 6.41. The van der Waals surface area contributed by atoms with Gasteiger partial charge in [0.2, 0.25) is 0 Å². The highest BCUT2D eigenvalue weighted by Crippen LogP contribution is 2.27. The van der Waals surface area contributed by atoms with Crippen LogP contribution in [0.3, 0.4) is 0 Å². The normalized spacial score (nSPS) is 10.3. The summed E-state index contributed by atoms with van der Waals surface area (Å²) in [5.74, 6) is 0. The number of nitrogen functional groups attached to an aromatic ring is 1. The van der Waals surface area contributed by atoms with Gasteiger partial charge >= 0.3 is 6.03 Å². The molecule has 6 heteroatoms. The lowest BCUT2D eigenvalue weighted by atomic mass is 10.1. The molecule has 0 saturated heterocycles. The van der Waals surface area contributed by atoms with E-state index in [9.17, 15) is 4.79 Å². The van der Waals surface area contributed by atoms with Crippen molar-refractivity contribution in [2.75, 3.05) is 38.2 Å². The number of fused-ring (bicyclic) bond motifs is 1. The summed E-state index contributed by atoms with van der Waals surface area (Å²) >= 11 is 0. The van der Waals surface area contributed by atoms with Gasteiger partial charge in [0.1, 0.15) is 0 Å². The van der Waals surface area contributed by atoms with Gasteiger partial charge in [-0.25, -0.2) is 4.79 Å². The molecule has 0 aliphatic heterocycles. The Hall–Kier alpha value is -2.50. The summed E-state index contributed by atoms with van der Waals surface area (Å²) in [5.41, 5.74) is 7.69. The largest absolute Gasteiger partial charge is 0.397 e. The van der Waals surface area contributed by atoms with Crippen molar-refractivity contribution < 1.29 is 4.79 Å². The van der Waals surface area contributed by atoms with Crippen LogP contribution in [0.15, 0.2) is 30.6 Å². The van der Waals surface area contributed by atoms with Gasteiger partial charge in [0.25, 0.3) is 0 Å². The van der Waals surface area contributed by atoms with E-state index in [0.29, 0.717) is 18.8 Å². The molecular formula is C14H19N5O. The Morgan fingerprint density at radius 3 is 2.85 bits per heavy atom. The molecule has 6 nitrogen and oxygen atoms in total. The molecule has 2 rings (SSSR count). The fourth-order valence-electron chi connectivity index (χ4n) is 1.87. The van der Waals surface area contributed by atoms with Crippen LogP contribution in [-0.4, -0.2) is 43.1 Å². The van der Waals surface area contributed by atoms with Crippen LogP contribution in [0.1, 0.15) is 0 Å². The third-order valence-corrected chi connectivity index (χ3v) is 2.98. The molecular weight excluding hydrogens is 254 g/mol. The van der Waals surface area contributed by atoms with Gasteiger partial charge in [0.05, 0.1) is 11.4 Å². The average molecular weight is 273 g/mol. The van der Waals surface area contributed by atoms with E-state index in [-0.39, 0.29) is 6.03 Å². The highest BCUT2D eigenvalue weighted by molar-refractivity contribution is 5.98. The molecule has 20 heavy (non-hydrogen) atoms. The van der Waals surface area contributed by atoms with Gasteiger partial charge in [0, 0.05) is 50.4 Å². The molecule has 0 fully saturated rings. The van der Waals surface area contributed by atoms with Crippen LogP contribution in [0.5, 0.6) is 0 Å². The summed E-state index contributed by atoms with van der Waals surface area (Å²) in [7, 11) is 3.41. The number of hydrogen-bond donors (Lipinski definition) is 3. The molecule has 0 bridgehead atoms. The quantitative estimate of drug-likeness (QED) is 0.582. The first-order valence-electron chi connectivity index (χ1n) is 6.41. The summed E-state index contributed by atoms with van der Waals surface area (Å²) in [6, 6.07) is 5.68. The van der Waals surface area contributed by atoms with Crippen molar-refractivity contribution in [1.29, 1.82) is 0 Å². The van der Waals surface area contributed by atoms with Gasteiger partial charge in [0.15, 0.2) is 0 Å². The minimum absolute atomic E-state index is 0.107. The Bertz CT molecular complexity index is 612. The molecule has 0 aliphatic rings. The standard InChI is InChI=1S/C14H19N5O/c1-19(2)14(20)18-8-7-17-12-4-3-10-9-16-6-5-11(10)13(12)15/h3-6,9,17H,7-8,15H2,1-2H3,(H,18,20). The Morgan fingerprint density at radius 1 is 1.30 bits per heavy atom. The van der Waals surface area contributed by atoms with Crippen molar-refractivity contribution >= 4 is 28.2 Å². The number of nitrogens with zero attached hydrogens (tertiary/aromatic N) is 2. The summed E-state index contributed by atoms with van der Waals surface area (Å²) in [5, 5.41) is 7.99. The second kappa shape index (κ2) is 6.10. The second-order valence-electron chi connectivity index (χ2n) is 4.68. The number of pyridine rings is 1. The summed E-state index contributed by atoms with van der Waals surface area (Å²) in [4.78, 5) is 16.9. The van der Waals surface area contributed by atoms with Gasteiger partial charge in [-0.15, -0.1) is 0 Å². The smallest absolute Gasteiger partial charge is 0.316 e. The number of anilines is 2. The molecule has 0 aliphatic carbocycles. The zero-order chi connectivity index (χ0) is 14.5. The van der Waals surface area contributed by atoms with Crippen molar-refractivity contribution in [2.24, 2.45) is 0 Å². The van der Waals surface area contributed by atoms with Gasteiger partial charge in [-0.2, -0.15) is 0 Å². The van der Waals surface area contributed by atoms with Crippen molar-refractivity contribution in [1.82, 2.24) is 15.2 Å². The second-order valence-corrected chi connectivity index (χ2v) is 4.68.